The van der Waals surface area contributed by atoms with Crippen molar-refractivity contribution in [3.05, 3.63) is 77.4 Å². The van der Waals surface area contributed by atoms with E-state index in [0.29, 0.717) is 5.56 Å². The summed E-state index contributed by atoms with van der Waals surface area (Å²) < 4.78 is -0.561. The second kappa shape index (κ2) is 12.3. The van der Waals surface area contributed by atoms with Crippen LogP contribution in [0.4, 0.5) is 0 Å². The second-order valence-electron chi connectivity index (χ2n) is 10.7. The van der Waals surface area contributed by atoms with Crippen molar-refractivity contribution in [1.29, 1.82) is 0 Å². The molecule has 0 unspecified atom stereocenters. The Morgan fingerprint density at radius 1 is 1.13 bits per heavy atom. The van der Waals surface area contributed by atoms with Crippen LogP contribution in [0.2, 0.25) is 0 Å². The molecule has 0 spiro atoms. The molecule has 4 rings (SSSR count). The number of allylic oxidation sites excluding steroid dienone is 1. The summed E-state index contributed by atoms with van der Waals surface area (Å²) >= 11 is 1.48. The van der Waals surface area contributed by atoms with E-state index in [2.05, 4.69) is 16.7 Å². The summed E-state index contributed by atoms with van der Waals surface area (Å²) in [5.41, 5.74) is 1.49. The van der Waals surface area contributed by atoms with Crippen molar-refractivity contribution in [2.24, 2.45) is 0 Å². The summed E-state index contributed by atoms with van der Waals surface area (Å²) in [5.74, 6) is -1.14. The fourth-order valence-electron chi connectivity index (χ4n) is 5.17. The van der Waals surface area contributed by atoms with Gasteiger partial charge < -0.3 is 25.7 Å². The number of aliphatic hydroxyl groups excluding tert-OH is 1. The number of aliphatic hydroxyl groups is 1. The molecule has 8 nitrogen and oxygen atoms in total. The smallest absolute Gasteiger partial charge is 0.254 e. The topological polar surface area (TPSA) is 119 Å². The van der Waals surface area contributed by atoms with Gasteiger partial charge in [0, 0.05) is 21.9 Å². The van der Waals surface area contributed by atoms with Crippen LogP contribution in [0.25, 0.3) is 0 Å². The van der Waals surface area contributed by atoms with Crippen LogP contribution in [-0.4, -0.2) is 67.7 Å². The number of thioether (sulfide) groups is 1. The van der Waals surface area contributed by atoms with E-state index in [1.165, 1.54) is 22.7 Å². The zero-order valence-corrected chi connectivity index (χ0v) is 23.4. The van der Waals surface area contributed by atoms with Gasteiger partial charge in [0.2, 0.25) is 5.91 Å². The SMILES string of the molecule is Cc1c(O)cccc1C(=O)N[C@@H](Cc1ccccc1)[C@H](O)C(=O)N1CSC(C)(C)[C@@H]1C(=O)N[C@@H]1C=CCCC1. The van der Waals surface area contributed by atoms with Crippen molar-refractivity contribution in [1.82, 2.24) is 15.5 Å². The molecule has 4 N–H and O–H groups in total. The highest BCUT2D eigenvalue weighted by Gasteiger charge is 2.50. The van der Waals surface area contributed by atoms with Crippen molar-refractivity contribution in [3.63, 3.8) is 0 Å². The summed E-state index contributed by atoms with van der Waals surface area (Å²) in [7, 11) is 0. The molecule has 39 heavy (non-hydrogen) atoms. The normalized spacial score (nSPS) is 21.7. The Morgan fingerprint density at radius 3 is 2.56 bits per heavy atom. The molecule has 0 bridgehead atoms. The Labute approximate surface area is 233 Å². The second-order valence-corrected chi connectivity index (χ2v) is 12.3. The van der Waals surface area contributed by atoms with Crippen LogP contribution < -0.4 is 10.6 Å². The maximum absolute atomic E-state index is 13.8. The molecule has 0 saturated carbocycles. The number of phenolic OH excluding ortho intramolecular Hbond substituents is 1. The Hall–Kier alpha value is -3.30. The Morgan fingerprint density at radius 2 is 1.87 bits per heavy atom. The largest absolute Gasteiger partial charge is 0.508 e. The summed E-state index contributed by atoms with van der Waals surface area (Å²) in [6.07, 6.45) is 5.48. The van der Waals surface area contributed by atoms with E-state index in [1.54, 1.807) is 19.1 Å². The van der Waals surface area contributed by atoms with Gasteiger partial charge in [-0.05, 0) is 64.2 Å². The number of carbonyl (C=O) groups is 3. The van der Waals surface area contributed by atoms with Gasteiger partial charge in [-0.1, -0.05) is 48.6 Å². The predicted octanol–water partition coefficient (Wildman–Crippen LogP) is 3.31. The van der Waals surface area contributed by atoms with E-state index in [0.717, 1.165) is 24.8 Å². The molecular formula is C30H37N3O5S. The lowest BCUT2D eigenvalue weighted by Gasteiger charge is -2.34. The summed E-state index contributed by atoms with van der Waals surface area (Å²) in [4.78, 5) is 41.9. The average Bonchev–Trinajstić information content (AvgIpc) is 3.25. The number of hydrogen-bond acceptors (Lipinski definition) is 6. The lowest BCUT2D eigenvalue weighted by atomic mass is 9.96. The molecule has 3 amide bonds. The van der Waals surface area contributed by atoms with Gasteiger partial charge in [0.25, 0.3) is 11.8 Å². The number of aromatic hydroxyl groups is 1. The van der Waals surface area contributed by atoms with E-state index in [1.807, 2.05) is 50.3 Å². The molecule has 1 fully saturated rings. The van der Waals surface area contributed by atoms with Crippen molar-refractivity contribution in [2.45, 2.75) is 75.4 Å². The highest BCUT2D eigenvalue weighted by atomic mass is 32.2. The van der Waals surface area contributed by atoms with Gasteiger partial charge in [0.1, 0.15) is 11.8 Å². The molecule has 1 saturated heterocycles. The minimum atomic E-state index is -1.59. The highest BCUT2D eigenvalue weighted by Crippen LogP contribution is 2.40. The molecular weight excluding hydrogens is 514 g/mol. The molecule has 2 aliphatic rings. The van der Waals surface area contributed by atoms with Crippen molar-refractivity contribution in [3.8, 4) is 5.75 Å². The maximum atomic E-state index is 13.8. The van der Waals surface area contributed by atoms with Gasteiger partial charge in [-0.2, -0.15) is 0 Å². The fraction of sp³-hybridized carbons (Fsp3) is 0.433. The molecule has 4 atom stereocenters. The molecule has 2 aromatic carbocycles. The van der Waals surface area contributed by atoms with Crippen LogP contribution >= 0.6 is 11.8 Å². The van der Waals surface area contributed by atoms with Crippen molar-refractivity contribution >= 4 is 29.5 Å². The third kappa shape index (κ3) is 6.65. The summed E-state index contributed by atoms with van der Waals surface area (Å²) in [5, 5.41) is 27.4. The summed E-state index contributed by atoms with van der Waals surface area (Å²) in [6.45, 7) is 5.48. The fourth-order valence-corrected chi connectivity index (χ4v) is 6.31. The van der Waals surface area contributed by atoms with Crippen LogP contribution in [0.1, 0.15) is 54.6 Å². The summed E-state index contributed by atoms with van der Waals surface area (Å²) in [6, 6.07) is 12.1. The van der Waals surface area contributed by atoms with Gasteiger partial charge >= 0.3 is 0 Å². The first-order valence-corrected chi connectivity index (χ1v) is 14.3. The van der Waals surface area contributed by atoms with Crippen LogP contribution in [-0.2, 0) is 16.0 Å². The number of carbonyl (C=O) groups excluding carboxylic acids is 3. The first-order chi connectivity index (χ1) is 18.6. The minimum Gasteiger partial charge on any atom is -0.508 e. The van der Waals surface area contributed by atoms with Gasteiger partial charge in [0.05, 0.1) is 11.9 Å². The lowest BCUT2D eigenvalue weighted by Crippen LogP contribution is -2.59. The van der Waals surface area contributed by atoms with E-state index in [4.69, 9.17) is 0 Å². The average molecular weight is 552 g/mol. The van der Waals surface area contributed by atoms with Gasteiger partial charge in [-0.15, -0.1) is 11.8 Å². The molecule has 208 valence electrons. The van der Waals surface area contributed by atoms with Crippen molar-refractivity contribution < 1.29 is 24.6 Å². The van der Waals surface area contributed by atoms with Crippen LogP contribution in [0.3, 0.4) is 0 Å². The molecule has 1 heterocycles. The Bertz CT molecular complexity index is 1230. The third-order valence-corrected chi connectivity index (χ3v) is 8.83. The number of benzene rings is 2. The van der Waals surface area contributed by atoms with Gasteiger partial charge in [-0.3, -0.25) is 14.4 Å². The molecule has 1 aliphatic carbocycles. The molecule has 2 aromatic rings. The standard InChI is InChI=1S/C30H37N3O5S/c1-19-22(15-10-16-24(19)34)27(36)32-23(17-20-11-6-4-7-12-20)25(35)29(38)33-18-39-30(2,3)26(33)28(37)31-21-13-8-5-9-14-21/h4,6-8,10-13,15-16,21,23,25-26,34-35H,5,9,14,17-18H2,1-3H3,(H,31,37)(H,32,36)/t21-,23+,25+,26+/m1/s1. The van der Waals surface area contributed by atoms with Crippen molar-refractivity contribution in [2.75, 3.05) is 5.88 Å². The predicted molar refractivity (Wildman–Crippen MR) is 152 cm³/mol. The number of amides is 3. The van der Waals surface area contributed by atoms with Gasteiger partial charge in [-0.25, -0.2) is 0 Å². The monoisotopic (exact) mass is 551 g/mol. The van der Waals surface area contributed by atoms with Crippen LogP contribution in [0.15, 0.2) is 60.7 Å². The van der Waals surface area contributed by atoms with E-state index >= 15 is 0 Å². The number of hydrogen-bond donors (Lipinski definition) is 4. The zero-order chi connectivity index (χ0) is 28.2. The quantitative estimate of drug-likeness (QED) is 0.374. The number of phenols is 1. The number of rotatable bonds is 8. The van der Waals surface area contributed by atoms with E-state index < -0.39 is 34.7 Å². The molecule has 0 aromatic heterocycles. The van der Waals surface area contributed by atoms with E-state index in [9.17, 15) is 24.6 Å². The maximum Gasteiger partial charge on any atom is 0.254 e. The van der Waals surface area contributed by atoms with Crippen LogP contribution in [0, 0.1) is 6.92 Å². The number of nitrogens with zero attached hydrogens (tertiary/aromatic N) is 1. The highest BCUT2D eigenvalue weighted by molar-refractivity contribution is 8.00. The van der Waals surface area contributed by atoms with Gasteiger partial charge in [0.15, 0.2) is 6.10 Å². The first-order valence-electron chi connectivity index (χ1n) is 13.3. The third-order valence-electron chi connectivity index (χ3n) is 7.46. The molecule has 1 aliphatic heterocycles. The molecule has 0 radical (unpaired) electrons. The van der Waals surface area contributed by atoms with Crippen LogP contribution in [0.5, 0.6) is 5.75 Å². The Kier molecular flexibility index (Phi) is 9.02. The zero-order valence-electron chi connectivity index (χ0n) is 22.6. The number of nitrogens with one attached hydrogen (secondary N) is 2. The Balaban J connectivity index is 1.57. The molecule has 9 heteroatoms. The minimum absolute atomic E-state index is 0.0168. The first kappa shape index (κ1) is 28.7. The lowest BCUT2D eigenvalue weighted by molar-refractivity contribution is -0.147. The van der Waals surface area contributed by atoms with E-state index in [-0.39, 0.29) is 35.6 Å².